The van der Waals surface area contributed by atoms with E-state index in [0.29, 0.717) is 40.3 Å². The van der Waals surface area contributed by atoms with Crippen LogP contribution in [0.4, 0.5) is 4.39 Å². The molecule has 1 aliphatic rings. The summed E-state index contributed by atoms with van der Waals surface area (Å²) in [6.45, 7) is 0.611. The van der Waals surface area contributed by atoms with Gasteiger partial charge in [0, 0.05) is 18.0 Å². The number of tetrazole rings is 1. The predicted octanol–water partition coefficient (Wildman–Crippen LogP) is 1.85. The fourth-order valence-electron chi connectivity index (χ4n) is 2.64. The number of nitrogens with zero attached hydrogens (tertiary/aromatic N) is 7. The molecule has 0 radical (unpaired) electrons. The average Bonchev–Trinajstić information content (AvgIpc) is 3.13. The standard InChI is InChI=1S/C17H14FN9OS/c18-11-5-9(12-3-4-22-23-12)6-21-17(11)28-10-1-2-13(20-7-10)16-24-26-27(25-16)8-14-15(19)29-14/h1-7,14-15H,8,19H2,(H,22,23). The molecule has 0 bridgehead atoms. The largest absolute Gasteiger partial charge is 0.435 e. The lowest BCUT2D eigenvalue weighted by molar-refractivity contribution is 0.421. The van der Waals surface area contributed by atoms with Crippen molar-refractivity contribution in [3.63, 3.8) is 0 Å². The van der Waals surface area contributed by atoms with Crippen LogP contribution in [-0.4, -0.2) is 51.0 Å². The zero-order valence-electron chi connectivity index (χ0n) is 14.8. The lowest BCUT2D eigenvalue weighted by Gasteiger charge is -2.06. The monoisotopic (exact) mass is 411 g/mol. The number of hydrogen-bond acceptors (Lipinski definition) is 9. The van der Waals surface area contributed by atoms with Crippen LogP contribution in [0.1, 0.15) is 0 Å². The maximum Gasteiger partial charge on any atom is 0.255 e. The second-order valence-electron chi connectivity index (χ2n) is 6.27. The molecule has 0 saturated carbocycles. The van der Waals surface area contributed by atoms with E-state index in [1.807, 2.05) is 0 Å². The van der Waals surface area contributed by atoms with Crippen molar-refractivity contribution in [3.8, 4) is 34.4 Å². The Morgan fingerprint density at radius 3 is 2.83 bits per heavy atom. The number of nitrogens with one attached hydrogen (secondary N) is 1. The van der Waals surface area contributed by atoms with E-state index in [2.05, 4.69) is 35.6 Å². The van der Waals surface area contributed by atoms with Gasteiger partial charge >= 0.3 is 0 Å². The molecule has 2 unspecified atom stereocenters. The Hall–Kier alpha value is -3.38. The molecular weight excluding hydrogens is 397 g/mol. The first kappa shape index (κ1) is 17.7. The molecule has 5 heterocycles. The Morgan fingerprint density at radius 2 is 2.14 bits per heavy atom. The van der Waals surface area contributed by atoms with E-state index in [-0.39, 0.29) is 11.3 Å². The van der Waals surface area contributed by atoms with Crippen LogP contribution < -0.4 is 10.5 Å². The molecule has 4 aromatic rings. The van der Waals surface area contributed by atoms with Gasteiger partial charge in [0.2, 0.25) is 5.82 Å². The van der Waals surface area contributed by atoms with Gasteiger partial charge in [-0.25, -0.2) is 14.4 Å². The first-order valence-electron chi connectivity index (χ1n) is 8.64. The molecule has 0 amide bonds. The molecule has 1 fully saturated rings. The van der Waals surface area contributed by atoms with Crippen molar-refractivity contribution in [1.82, 2.24) is 40.4 Å². The van der Waals surface area contributed by atoms with Gasteiger partial charge in [-0.3, -0.25) is 5.10 Å². The molecule has 12 heteroatoms. The van der Waals surface area contributed by atoms with Gasteiger partial charge in [-0.05, 0) is 29.5 Å². The SMILES string of the molecule is NC1SC1Cn1nnc(-c2ccc(Oc3ncc(-c4ccn[nH]4)cc3F)cn2)n1. The van der Waals surface area contributed by atoms with Crippen molar-refractivity contribution >= 4 is 11.8 Å². The smallest absolute Gasteiger partial charge is 0.255 e. The molecule has 1 saturated heterocycles. The van der Waals surface area contributed by atoms with E-state index in [0.717, 1.165) is 0 Å². The number of rotatable bonds is 6. The Bertz CT molecular complexity index is 1130. The minimum Gasteiger partial charge on any atom is -0.435 e. The van der Waals surface area contributed by atoms with Gasteiger partial charge in [0.15, 0.2) is 5.82 Å². The molecule has 0 aromatic carbocycles. The number of halogens is 1. The third kappa shape index (κ3) is 3.79. The van der Waals surface area contributed by atoms with Crippen molar-refractivity contribution < 1.29 is 9.13 Å². The topological polar surface area (TPSA) is 133 Å². The van der Waals surface area contributed by atoms with Gasteiger partial charge in [0.1, 0.15) is 11.4 Å². The highest BCUT2D eigenvalue weighted by Crippen LogP contribution is 2.37. The summed E-state index contributed by atoms with van der Waals surface area (Å²) in [4.78, 5) is 9.80. The number of H-pyrrole nitrogens is 1. The summed E-state index contributed by atoms with van der Waals surface area (Å²) < 4.78 is 19.8. The van der Waals surface area contributed by atoms with Crippen LogP contribution >= 0.6 is 11.8 Å². The van der Waals surface area contributed by atoms with E-state index < -0.39 is 5.82 Å². The van der Waals surface area contributed by atoms with Gasteiger partial charge in [-0.1, -0.05) is 0 Å². The lowest BCUT2D eigenvalue weighted by atomic mass is 10.2. The first-order valence-corrected chi connectivity index (χ1v) is 9.58. The summed E-state index contributed by atoms with van der Waals surface area (Å²) in [5, 5.41) is 19.4. The van der Waals surface area contributed by atoms with Crippen molar-refractivity contribution in [2.24, 2.45) is 5.73 Å². The number of thioether (sulfide) groups is 1. The Balaban J connectivity index is 1.28. The molecule has 5 rings (SSSR count). The summed E-state index contributed by atoms with van der Waals surface area (Å²) in [5.41, 5.74) is 7.53. The quantitative estimate of drug-likeness (QED) is 0.456. The summed E-state index contributed by atoms with van der Waals surface area (Å²) in [7, 11) is 0. The highest BCUT2D eigenvalue weighted by molar-refractivity contribution is 8.07. The van der Waals surface area contributed by atoms with Gasteiger partial charge in [0.05, 0.1) is 29.1 Å². The number of pyridine rings is 2. The highest BCUT2D eigenvalue weighted by atomic mass is 32.2. The van der Waals surface area contributed by atoms with E-state index in [9.17, 15) is 4.39 Å². The minimum atomic E-state index is -0.595. The van der Waals surface area contributed by atoms with Crippen molar-refractivity contribution in [1.29, 1.82) is 0 Å². The van der Waals surface area contributed by atoms with Crippen LogP contribution in [-0.2, 0) is 6.54 Å². The maximum atomic E-state index is 14.3. The van der Waals surface area contributed by atoms with Crippen molar-refractivity contribution in [2.45, 2.75) is 17.2 Å². The number of hydrogen-bond donors (Lipinski definition) is 2. The fourth-order valence-corrected chi connectivity index (χ4v) is 3.25. The fraction of sp³-hybridized carbons (Fsp3) is 0.176. The van der Waals surface area contributed by atoms with Gasteiger partial charge in [-0.15, -0.1) is 22.0 Å². The average molecular weight is 411 g/mol. The molecule has 146 valence electrons. The third-order valence-electron chi connectivity index (χ3n) is 4.22. The summed E-state index contributed by atoms with van der Waals surface area (Å²) >= 11 is 1.67. The van der Waals surface area contributed by atoms with Crippen LogP contribution in [0.3, 0.4) is 0 Å². The van der Waals surface area contributed by atoms with Crippen molar-refractivity contribution in [2.75, 3.05) is 0 Å². The Labute approximate surface area is 167 Å². The summed E-state index contributed by atoms with van der Waals surface area (Å²) in [6.07, 6.45) is 4.53. The van der Waals surface area contributed by atoms with Crippen LogP contribution in [0.2, 0.25) is 0 Å². The maximum absolute atomic E-state index is 14.3. The molecule has 4 aromatic heterocycles. The summed E-state index contributed by atoms with van der Waals surface area (Å²) in [6, 6.07) is 6.36. The molecule has 1 aliphatic heterocycles. The molecule has 3 N–H and O–H groups in total. The lowest BCUT2D eigenvalue weighted by Crippen LogP contribution is -2.13. The number of ether oxygens (including phenoxy) is 1. The first-order chi connectivity index (χ1) is 14.2. The molecule has 10 nitrogen and oxygen atoms in total. The molecule has 29 heavy (non-hydrogen) atoms. The van der Waals surface area contributed by atoms with Crippen LogP contribution in [0.15, 0.2) is 42.9 Å². The van der Waals surface area contributed by atoms with Crippen LogP contribution in [0, 0.1) is 5.82 Å². The second-order valence-corrected chi connectivity index (χ2v) is 7.69. The number of nitrogens with two attached hydrogens (primary N) is 1. The Kier molecular flexibility index (Phi) is 4.41. The zero-order valence-corrected chi connectivity index (χ0v) is 15.6. The normalized spacial score (nSPS) is 18.0. The molecular formula is C17H14FN9OS. The highest BCUT2D eigenvalue weighted by Gasteiger charge is 2.35. The van der Waals surface area contributed by atoms with Crippen LogP contribution in [0.5, 0.6) is 11.6 Å². The van der Waals surface area contributed by atoms with E-state index >= 15 is 0 Å². The van der Waals surface area contributed by atoms with Crippen LogP contribution in [0.25, 0.3) is 22.8 Å². The Morgan fingerprint density at radius 1 is 1.24 bits per heavy atom. The minimum absolute atomic E-state index is 0.140. The second kappa shape index (κ2) is 7.22. The van der Waals surface area contributed by atoms with E-state index in [4.69, 9.17) is 10.5 Å². The van der Waals surface area contributed by atoms with E-state index in [1.165, 1.54) is 23.3 Å². The van der Waals surface area contributed by atoms with Crippen molar-refractivity contribution in [3.05, 3.63) is 48.7 Å². The van der Waals surface area contributed by atoms with Gasteiger partial charge in [-0.2, -0.15) is 9.90 Å². The summed E-state index contributed by atoms with van der Waals surface area (Å²) in [5.74, 6) is -0.0155. The molecule has 0 aliphatic carbocycles. The van der Waals surface area contributed by atoms with Gasteiger partial charge < -0.3 is 10.5 Å². The number of aromatic nitrogens is 8. The zero-order chi connectivity index (χ0) is 19.8. The molecule has 2 atom stereocenters. The van der Waals surface area contributed by atoms with E-state index in [1.54, 1.807) is 36.2 Å². The predicted molar refractivity (Wildman–Crippen MR) is 102 cm³/mol. The third-order valence-corrected chi connectivity index (χ3v) is 5.34. The van der Waals surface area contributed by atoms with Gasteiger partial charge in [0.25, 0.3) is 5.88 Å². The number of aromatic amines is 1. The molecule has 0 spiro atoms.